The number of carbonyl (C=O) groups excluding carboxylic acids is 1. The molecule has 0 amide bonds. The normalized spacial score (nSPS) is 13.7. The summed E-state index contributed by atoms with van der Waals surface area (Å²) >= 11 is 18.4. The van der Waals surface area contributed by atoms with Crippen LogP contribution in [0, 0.1) is 0 Å². The molecule has 0 spiro atoms. The topological polar surface area (TPSA) is 17.1 Å². The average molecular weight is 312 g/mol. The number of benzene rings is 2. The van der Waals surface area contributed by atoms with E-state index < -0.39 is 0 Å². The molecule has 1 aliphatic rings. The van der Waals surface area contributed by atoms with Gasteiger partial charge in [0.05, 0.1) is 10.0 Å². The van der Waals surface area contributed by atoms with E-state index in [2.05, 4.69) is 0 Å². The van der Waals surface area contributed by atoms with E-state index in [4.69, 9.17) is 34.8 Å². The highest BCUT2D eigenvalue weighted by atomic mass is 35.5. The van der Waals surface area contributed by atoms with Crippen molar-refractivity contribution in [1.29, 1.82) is 0 Å². The summed E-state index contributed by atoms with van der Waals surface area (Å²) in [6, 6.07) is 8.99. The average Bonchev–Trinajstić information content (AvgIpc) is 2.71. The summed E-state index contributed by atoms with van der Waals surface area (Å²) in [5.74, 6) is 0.179. The van der Waals surface area contributed by atoms with E-state index >= 15 is 0 Å². The molecule has 1 aliphatic carbocycles. The Morgan fingerprint density at radius 1 is 0.895 bits per heavy atom. The fraction of sp³-hybridized carbons (Fsp3) is 0.133. The molecular formula is C15H9Cl3O. The van der Waals surface area contributed by atoms with Gasteiger partial charge < -0.3 is 0 Å². The van der Waals surface area contributed by atoms with Gasteiger partial charge in [0.1, 0.15) is 0 Å². The van der Waals surface area contributed by atoms with Crippen LogP contribution in [0.25, 0.3) is 11.1 Å². The van der Waals surface area contributed by atoms with Crippen molar-refractivity contribution >= 4 is 40.6 Å². The minimum Gasteiger partial charge on any atom is -0.294 e. The van der Waals surface area contributed by atoms with Crippen molar-refractivity contribution in [3.8, 4) is 11.1 Å². The maximum absolute atomic E-state index is 11.8. The van der Waals surface area contributed by atoms with Crippen molar-refractivity contribution < 1.29 is 4.79 Å². The van der Waals surface area contributed by atoms with E-state index in [0.717, 1.165) is 28.7 Å². The Morgan fingerprint density at radius 2 is 1.53 bits per heavy atom. The second-order valence-electron chi connectivity index (χ2n) is 4.50. The third-order valence-electron chi connectivity index (χ3n) is 3.35. The van der Waals surface area contributed by atoms with Crippen LogP contribution in [0.5, 0.6) is 0 Å². The van der Waals surface area contributed by atoms with E-state index in [0.29, 0.717) is 21.5 Å². The summed E-state index contributed by atoms with van der Waals surface area (Å²) in [6.07, 6.45) is 1.29. The van der Waals surface area contributed by atoms with Crippen molar-refractivity contribution in [3.05, 3.63) is 56.5 Å². The van der Waals surface area contributed by atoms with Gasteiger partial charge in [-0.15, -0.1) is 0 Å². The van der Waals surface area contributed by atoms with Gasteiger partial charge in [0.2, 0.25) is 0 Å². The fourth-order valence-electron chi connectivity index (χ4n) is 2.52. The van der Waals surface area contributed by atoms with Crippen molar-refractivity contribution in [2.24, 2.45) is 0 Å². The molecule has 0 unspecified atom stereocenters. The molecule has 2 aromatic rings. The van der Waals surface area contributed by atoms with Crippen LogP contribution < -0.4 is 0 Å². The van der Waals surface area contributed by atoms with Crippen LogP contribution in [0.1, 0.15) is 22.3 Å². The zero-order valence-electron chi connectivity index (χ0n) is 9.84. The molecule has 19 heavy (non-hydrogen) atoms. The van der Waals surface area contributed by atoms with Gasteiger partial charge in [0.25, 0.3) is 0 Å². The van der Waals surface area contributed by atoms with Crippen LogP contribution in [0.3, 0.4) is 0 Å². The van der Waals surface area contributed by atoms with Crippen molar-refractivity contribution in [2.45, 2.75) is 12.8 Å². The number of rotatable bonds is 1. The van der Waals surface area contributed by atoms with Gasteiger partial charge in [0, 0.05) is 22.6 Å². The Bertz CT molecular complexity index is 669. The summed E-state index contributed by atoms with van der Waals surface area (Å²) in [5.41, 5.74) is 3.48. The molecule has 0 fully saturated rings. The SMILES string of the molecule is O=C1CCc2c1cccc2-c1c(Cl)cc(Cl)cc1Cl. The lowest BCUT2D eigenvalue weighted by atomic mass is 9.97. The monoisotopic (exact) mass is 310 g/mol. The number of fused-ring (bicyclic) bond motifs is 1. The van der Waals surface area contributed by atoms with Crippen LogP contribution >= 0.6 is 34.8 Å². The second kappa shape index (κ2) is 4.82. The van der Waals surface area contributed by atoms with E-state index in [1.54, 1.807) is 12.1 Å². The van der Waals surface area contributed by atoms with Crippen molar-refractivity contribution in [3.63, 3.8) is 0 Å². The zero-order chi connectivity index (χ0) is 13.6. The van der Waals surface area contributed by atoms with Gasteiger partial charge >= 0.3 is 0 Å². The summed E-state index contributed by atoms with van der Waals surface area (Å²) in [4.78, 5) is 11.8. The number of carbonyl (C=O) groups is 1. The van der Waals surface area contributed by atoms with Crippen LogP contribution in [0.2, 0.25) is 15.1 Å². The number of ketones is 1. The number of hydrogen-bond acceptors (Lipinski definition) is 1. The van der Waals surface area contributed by atoms with E-state index in [-0.39, 0.29) is 5.78 Å². The lowest BCUT2D eigenvalue weighted by molar-refractivity contribution is 0.0994. The van der Waals surface area contributed by atoms with Gasteiger partial charge in [-0.05, 0) is 29.7 Å². The Kier molecular flexibility index (Phi) is 3.30. The van der Waals surface area contributed by atoms with Crippen LogP contribution in [0.15, 0.2) is 30.3 Å². The minimum absolute atomic E-state index is 0.179. The molecule has 96 valence electrons. The van der Waals surface area contributed by atoms with Crippen LogP contribution in [-0.2, 0) is 6.42 Å². The van der Waals surface area contributed by atoms with Crippen molar-refractivity contribution in [1.82, 2.24) is 0 Å². The summed E-state index contributed by atoms with van der Waals surface area (Å²) in [7, 11) is 0. The van der Waals surface area contributed by atoms with Gasteiger partial charge in [-0.25, -0.2) is 0 Å². The van der Waals surface area contributed by atoms with E-state index in [1.807, 2.05) is 18.2 Å². The molecule has 3 rings (SSSR count). The van der Waals surface area contributed by atoms with Gasteiger partial charge in [-0.3, -0.25) is 4.79 Å². The fourth-order valence-corrected chi connectivity index (χ4v) is 3.54. The van der Waals surface area contributed by atoms with E-state index in [1.165, 1.54) is 0 Å². The largest absolute Gasteiger partial charge is 0.294 e. The highest BCUT2D eigenvalue weighted by Gasteiger charge is 2.24. The van der Waals surface area contributed by atoms with E-state index in [9.17, 15) is 4.79 Å². The molecule has 4 heteroatoms. The summed E-state index contributed by atoms with van der Waals surface area (Å²) in [6.45, 7) is 0. The van der Waals surface area contributed by atoms with Gasteiger partial charge in [-0.1, -0.05) is 53.0 Å². The summed E-state index contributed by atoms with van der Waals surface area (Å²) in [5, 5.41) is 1.51. The Labute approximate surface area is 126 Å². The highest BCUT2D eigenvalue weighted by molar-refractivity contribution is 6.42. The predicted molar refractivity (Wildman–Crippen MR) is 79.6 cm³/mol. The molecule has 2 aromatic carbocycles. The first-order valence-electron chi connectivity index (χ1n) is 5.88. The number of hydrogen-bond donors (Lipinski definition) is 0. The molecule has 0 aromatic heterocycles. The van der Waals surface area contributed by atoms with Gasteiger partial charge in [-0.2, -0.15) is 0 Å². The molecular weight excluding hydrogens is 303 g/mol. The Morgan fingerprint density at radius 3 is 2.21 bits per heavy atom. The maximum atomic E-state index is 11.8. The smallest absolute Gasteiger partial charge is 0.163 e. The molecule has 0 saturated carbocycles. The molecule has 0 N–H and O–H groups in total. The second-order valence-corrected chi connectivity index (χ2v) is 5.75. The molecule has 0 saturated heterocycles. The van der Waals surface area contributed by atoms with Crippen LogP contribution in [-0.4, -0.2) is 5.78 Å². The van der Waals surface area contributed by atoms with Crippen LogP contribution in [0.4, 0.5) is 0 Å². The first-order chi connectivity index (χ1) is 9.08. The molecule has 0 aliphatic heterocycles. The number of halogens is 3. The minimum atomic E-state index is 0.179. The molecule has 0 heterocycles. The molecule has 0 atom stereocenters. The maximum Gasteiger partial charge on any atom is 0.163 e. The molecule has 1 nitrogen and oxygen atoms in total. The quantitative estimate of drug-likeness (QED) is 0.685. The third kappa shape index (κ3) is 2.16. The first kappa shape index (κ1) is 13.0. The predicted octanol–water partition coefficient (Wildman–Crippen LogP) is 5.44. The van der Waals surface area contributed by atoms with Crippen molar-refractivity contribution in [2.75, 3.05) is 0 Å². The number of Topliss-reactive ketones (excluding diaryl/α,β-unsaturated/α-hetero) is 1. The van der Waals surface area contributed by atoms with Gasteiger partial charge in [0.15, 0.2) is 5.78 Å². The first-order valence-corrected chi connectivity index (χ1v) is 7.01. The lowest BCUT2D eigenvalue weighted by Crippen LogP contribution is -1.93. The Balaban J connectivity index is 2.28. The summed E-state index contributed by atoms with van der Waals surface area (Å²) < 4.78 is 0. The molecule has 0 bridgehead atoms. The molecule has 0 radical (unpaired) electrons. The zero-order valence-corrected chi connectivity index (χ0v) is 12.1. The third-order valence-corrected chi connectivity index (χ3v) is 4.17. The Hall–Kier alpha value is -1.02. The highest BCUT2D eigenvalue weighted by Crippen LogP contribution is 2.41. The standard InChI is InChI=1S/C15H9Cl3O/c16-8-6-12(17)15(13(18)7-8)11-3-1-2-10-9(11)4-5-14(10)19/h1-3,6-7H,4-5H2. The lowest BCUT2D eigenvalue weighted by Gasteiger charge is -2.12.